The van der Waals surface area contributed by atoms with Crippen molar-refractivity contribution in [2.45, 2.75) is 32.9 Å². The van der Waals surface area contributed by atoms with Crippen LogP contribution >= 0.6 is 11.6 Å². The number of carbonyl (C=O) groups excluding carboxylic acids is 2. The van der Waals surface area contributed by atoms with Gasteiger partial charge in [0.25, 0.3) is 5.56 Å². The van der Waals surface area contributed by atoms with Crippen molar-refractivity contribution in [2.24, 2.45) is 0 Å². The first-order valence-corrected chi connectivity index (χ1v) is 9.39. The van der Waals surface area contributed by atoms with Gasteiger partial charge in [0.1, 0.15) is 6.54 Å². The van der Waals surface area contributed by atoms with Gasteiger partial charge in [0, 0.05) is 10.7 Å². The Kier molecular flexibility index (Phi) is 5.53. The molecule has 0 aliphatic rings. The highest BCUT2D eigenvalue weighted by Crippen LogP contribution is 2.22. The minimum atomic E-state index is -0.537. The number of halogens is 1. The molecule has 3 rings (SSSR count). The van der Waals surface area contributed by atoms with Gasteiger partial charge in [-0.3, -0.25) is 14.3 Å². The molecule has 1 amide bonds. The Morgan fingerprint density at radius 1 is 1.10 bits per heavy atom. The van der Waals surface area contributed by atoms with E-state index in [9.17, 15) is 14.4 Å². The van der Waals surface area contributed by atoms with Crippen LogP contribution in [-0.2, 0) is 21.6 Å². The topological polar surface area (TPSA) is 82.3 Å². The Bertz CT molecular complexity index is 1140. The maximum atomic E-state index is 12.9. The zero-order valence-electron chi connectivity index (χ0n) is 16.7. The molecule has 0 atom stereocenters. The summed E-state index contributed by atoms with van der Waals surface area (Å²) in [6.45, 7) is 5.62. The molecular weight excluding hydrogens is 394 g/mol. The van der Waals surface area contributed by atoms with Crippen LogP contribution in [0.1, 0.15) is 31.1 Å². The molecule has 2 aromatic carbocycles. The van der Waals surface area contributed by atoms with E-state index in [4.69, 9.17) is 11.6 Å². The summed E-state index contributed by atoms with van der Waals surface area (Å²) in [4.78, 5) is 37.1. The van der Waals surface area contributed by atoms with Crippen molar-refractivity contribution in [3.63, 3.8) is 0 Å². The van der Waals surface area contributed by atoms with Gasteiger partial charge in [-0.05, 0) is 63.2 Å². The number of methoxy groups -OCH3 is 1. The molecule has 0 fully saturated rings. The molecule has 3 aromatic rings. The first kappa shape index (κ1) is 20.7. The van der Waals surface area contributed by atoms with E-state index >= 15 is 0 Å². The first-order chi connectivity index (χ1) is 13.6. The highest BCUT2D eigenvalue weighted by Gasteiger charge is 2.24. The highest BCUT2D eigenvalue weighted by molar-refractivity contribution is 6.31. The number of carbonyl (C=O) groups is 2. The van der Waals surface area contributed by atoms with Crippen molar-refractivity contribution in [1.29, 1.82) is 0 Å². The number of benzene rings is 2. The zero-order valence-corrected chi connectivity index (χ0v) is 17.4. The summed E-state index contributed by atoms with van der Waals surface area (Å²) in [6.07, 6.45) is 0. The van der Waals surface area contributed by atoms with E-state index in [2.05, 4.69) is 10.1 Å². The summed E-state index contributed by atoms with van der Waals surface area (Å²) in [6, 6.07) is 11.4. The second-order valence-corrected chi connectivity index (χ2v) is 8.06. The van der Waals surface area contributed by atoms with Crippen LogP contribution in [0.15, 0.2) is 47.3 Å². The SMILES string of the molecule is COC(=O)c1ccc(NC(=O)Cn2c3cc(Cl)ccc3c(=O)n2C(C)(C)C)cc1. The van der Waals surface area contributed by atoms with Gasteiger partial charge in [-0.25, -0.2) is 9.48 Å². The summed E-state index contributed by atoms with van der Waals surface area (Å²) < 4.78 is 7.87. The summed E-state index contributed by atoms with van der Waals surface area (Å²) in [5.74, 6) is -0.765. The lowest BCUT2D eigenvalue weighted by Gasteiger charge is -2.24. The maximum absolute atomic E-state index is 12.9. The molecule has 152 valence electrons. The quantitative estimate of drug-likeness (QED) is 0.659. The smallest absolute Gasteiger partial charge is 0.337 e. The minimum absolute atomic E-state index is 0.0743. The summed E-state index contributed by atoms with van der Waals surface area (Å²) >= 11 is 6.12. The number of hydrogen-bond acceptors (Lipinski definition) is 4. The number of amides is 1. The fraction of sp³-hybridized carbons (Fsp3) is 0.286. The Hall–Kier alpha value is -3.06. The van der Waals surface area contributed by atoms with Crippen LogP contribution < -0.4 is 10.9 Å². The number of rotatable bonds is 4. The number of fused-ring (bicyclic) bond motifs is 1. The number of aromatic nitrogens is 2. The van der Waals surface area contributed by atoms with Crippen LogP contribution in [0.4, 0.5) is 5.69 Å². The van der Waals surface area contributed by atoms with E-state index in [1.54, 1.807) is 51.8 Å². The molecule has 29 heavy (non-hydrogen) atoms. The van der Waals surface area contributed by atoms with Crippen LogP contribution in [0.25, 0.3) is 10.9 Å². The molecule has 1 heterocycles. The number of nitrogens with one attached hydrogen (secondary N) is 1. The van der Waals surface area contributed by atoms with E-state index in [0.717, 1.165) is 0 Å². The van der Waals surface area contributed by atoms with Crippen LogP contribution in [0, 0.1) is 0 Å². The van der Waals surface area contributed by atoms with E-state index in [1.165, 1.54) is 7.11 Å². The van der Waals surface area contributed by atoms with E-state index < -0.39 is 11.5 Å². The molecule has 0 aliphatic carbocycles. The lowest BCUT2D eigenvalue weighted by Crippen LogP contribution is -2.38. The second-order valence-electron chi connectivity index (χ2n) is 7.62. The summed E-state index contributed by atoms with van der Waals surface area (Å²) in [5.41, 5.74) is 0.790. The molecule has 1 N–H and O–H groups in total. The van der Waals surface area contributed by atoms with Crippen molar-refractivity contribution in [3.8, 4) is 0 Å². The number of hydrogen-bond donors (Lipinski definition) is 1. The zero-order chi connectivity index (χ0) is 21.3. The number of esters is 1. The molecule has 8 heteroatoms. The fourth-order valence-electron chi connectivity index (χ4n) is 3.20. The molecule has 0 saturated heterocycles. The number of anilines is 1. The van der Waals surface area contributed by atoms with Crippen molar-refractivity contribution in [2.75, 3.05) is 12.4 Å². The molecular formula is C21H22ClN3O4. The standard InChI is InChI=1S/C21H22ClN3O4/c1-21(2,3)25-19(27)16-10-7-14(22)11-17(16)24(25)12-18(26)23-15-8-5-13(6-9-15)20(28)29-4/h5-11H,12H2,1-4H3,(H,23,26). The summed E-state index contributed by atoms with van der Waals surface area (Å²) in [7, 11) is 1.31. The molecule has 0 unspecified atom stereocenters. The fourth-order valence-corrected chi connectivity index (χ4v) is 3.36. The van der Waals surface area contributed by atoms with Crippen LogP contribution in [-0.4, -0.2) is 28.3 Å². The lowest BCUT2D eigenvalue weighted by atomic mass is 10.1. The van der Waals surface area contributed by atoms with Crippen molar-refractivity contribution < 1.29 is 14.3 Å². The number of nitrogens with zero attached hydrogens (tertiary/aromatic N) is 2. The number of ether oxygens (including phenoxy) is 1. The van der Waals surface area contributed by atoms with Crippen molar-refractivity contribution in [1.82, 2.24) is 9.36 Å². The average Bonchev–Trinajstić information content (AvgIpc) is 2.92. The lowest BCUT2D eigenvalue weighted by molar-refractivity contribution is -0.117. The monoisotopic (exact) mass is 415 g/mol. The largest absolute Gasteiger partial charge is 0.465 e. The third kappa shape index (κ3) is 4.19. The maximum Gasteiger partial charge on any atom is 0.337 e. The average molecular weight is 416 g/mol. The molecule has 0 aliphatic heterocycles. The van der Waals surface area contributed by atoms with Gasteiger partial charge in [0.2, 0.25) is 5.91 Å². The van der Waals surface area contributed by atoms with Crippen molar-refractivity contribution in [3.05, 3.63) is 63.4 Å². The minimum Gasteiger partial charge on any atom is -0.465 e. The van der Waals surface area contributed by atoms with E-state index in [1.807, 2.05) is 20.8 Å². The summed E-state index contributed by atoms with van der Waals surface area (Å²) in [5, 5.41) is 3.76. The molecule has 0 saturated carbocycles. The third-order valence-electron chi connectivity index (χ3n) is 4.42. The molecule has 0 radical (unpaired) electrons. The predicted molar refractivity (Wildman–Crippen MR) is 113 cm³/mol. The van der Waals surface area contributed by atoms with Gasteiger partial charge in [-0.15, -0.1) is 0 Å². The van der Waals surface area contributed by atoms with Crippen LogP contribution in [0.3, 0.4) is 0 Å². The molecule has 1 aromatic heterocycles. The molecule has 7 nitrogen and oxygen atoms in total. The normalized spacial score (nSPS) is 11.5. The third-order valence-corrected chi connectivity index (χ3v) is 4.66. The highest BCUT2D eigenvalue weighted by atomic mass is 35.5. The van der Waals surface area contributed by atoms with Crippen molar-refractivity contribution >= 4 is 40.1 Å². The molecule has 0 bridgehead atoms. The molecule has 0 spiro atoms. The Morgan fingerprint density at radius 2 is 1.76 bits per heavy atom. The van der Waals surface area contributed by atoms with Gasteiger partial charge < -0.3 is 10.1 Å². The predicted octanol–water partition coefficient (Wildman–Crippen LogP) is 3.64. The Morgan fingerprint density at radius 3 is 2.34 bits per heavy atom. The van der Waals surface area contributed by atoms with E-state index in [-0.39, 0.29) is 18.0 Å². The van der Waals surface area contributed by atoms with Gasteiger partial charge in [-0.2, -0.15) is 0 Å². The van der Waals surface area contributed by atoms with E-state index in [0.29, 0.717) is 27.2 Å². The Balaban J connectivity index is 1.93. The Labute approximate surface area is 172 Å². The van der Waals surface area contributed by atoms with Crippen LogP contribution in [0.2, 0.25) is 5.02 Å². The van der Waals surface area contributed by atoms with Gasteiger partial charge in [0.05, 0.1) is 29.1 Å². The van der Waals surface area contributed by atoms with Gasteiger partial charge in [0.15, 0.2) is 0 Å². The second kappa shape index (κ2) is 7.75. The van der Waals surface area contributed by atoms with Crippen LogP contribution in [0.5, 0.6) is 0 Å². The van der Waals surface area contributed by atoms with Gasteiger partial charge in [-0.1, -0.05) is 11.6 Å². The van der Waals surface area contributed by atoms with Gasteiger partial charge >= 0.3 is 5.97 Å². The first-order valence-electron chi connectivity index (χ1n) is 9.01.